The van der Waals surface area contributed by atoms with Gasteiger partial charge in [0.05, 0.1) is 6.04 Å². The molecule has 0 aromatic heterocycles. The van der Waals surface area contributed by atoms with Gasteiger partial charge in [0.2, 0.25) is 5.91 Å². The third kappa shape index (κ3) is 8.30. The quantitative estimate of drug-likeness (QED) is 0.220. The van der Waals surface area contributed by atoms with Crippen LogP contribution < -0.4 is 25.4 Å². The zero-order chi connectivity index (χ0) is 33.3. The van der Waals surface area contributed by atoms with E-state index in [4.69, 9.17) is 14.2 Å². The molecule has 0 radical (unpaired) electrons. The SMILES string of the molecule is O=C(N[C@@H]1CCNC(=O)c2ccccc2-c2cccc(c2)OC[C@@H]2CC(NC(O)Oc3ccccc3)CN2C1=O)OCc1ccccc1. The highest BCUT2D eigenvalue weighted by Gasteiger charge is 2.40. The molecule has 4 aromatic rings. The van der Waals surface area contributed by atoms with Gasteiger partial charge in [-0.3, -0.25) is 14.9 Å². The number of aliphatic hydroxyl groups is 1. The topological polar surface area (TPSA) is 138 Å². The van der Waals surface area contributed by atoms with Crippen LogP contribution in [-0.2, 0) is 16.1 Å². The van der Waals surface area contributed by atoms with Crippen molar-refractivity contribution in [3.05, 3.63) is 120 Å². The van der Waals surface area contributed by atoms with E-state index in [1.165, 1.54) is 0 Å². The Labute approximate surface area is 278 Å². The van der Waals surface area contributed by atoms with Crippen molar-refractivity contribution in [2.75, 3.05) is 19.7 Å². The summed E-state index contributed by atoms with van der Waals surface area (Å²) >= 11 is 0. The average Bonchev–Trinajstić information content (AvgIpc) is 3.51. The molecule has 0 aliphatic carbocycles. The lowest BCUT2D eigenvalue weighted by molar-refractivity contribution is -0.135. The molecule has 2 unspecified atom stereocenters. The molecule has 4 aromatic carbocycles. The number of hydrogen-bond donors (Lipinski definition) is 4. The molecule has 2 heterocycles. The van der Waals surface area contributed by atoms with E-state index < -0.39 is 24.6 Å². The van der Waals surface area contributed by atoms with Crippen LogP contribution in [0, 0.1) is 0 Å². The number of nitrogens with zero attached hydrogens (tertiary/aromatic N) is 1. The Hall–Kier alpha value is -5.39. The number of nitrogens with one attached hydrogen (secondary N) is 3. The fourth-order valence-corrected chi connectivity index (χ4v) is 6.00. The molecule has 2 aliphatic heterocycles. The van der Waals surface area contributed by atoms with Crippen LogP contribution in [0.1, 0.15) is 28.8 Å². The van der Waals surface area contributed by atoms with E-state index >= 15 is 0 Å². The highest BCUT2D eigenvalue weighted by molar-refractivity contribution is 6.01. The first-order valence-electron chi connectivity index (χ1n) is 16.0. The smallest absolute Gasteiger partial charge is 0.408 e. The lowest BCUT2D eigenvalue weighted by Gasteiger charge is -2.29. The fourth-order valence-electron chi connectivity index (χ4n) is 6.00. The second-order valence-electron chi connectivity index (χ2n) is 11.7. The van der Waals surface area contributed by atoms with Gasteiger partial charge in [0, 0.05) is 24.7 Å². The second kappa shape index (κ2) is 15.5. The Morgan fingerprint density at radius 3 is 2.46 bits per heavy atom. The molecule has 3 amide bonds. The molecule has 0 spiro atoms. The summed E-state index contributed by atoms with van der Waals surface area (Å²) in [7, 11) is 0. The molecule has 1 saturated heterocycles. The number of alkyl carbamates (subject to hydrolysis) is 1. The standard InChI is InChI=1S/C37H38N4O7/c42-34-32-17-8-7-16-31(32)26-12-9-15-30(20-26)46-24-28-21-27(39-37(45)48-29-13-5-2-6-14-29)22-41(28)35(43)33(18-19-38-34)40-36(44)47-23-25-10-3-1-4-11-25/h1-17,20,27-28,33,37,39,45H,18-19,21-24H2,(H,38,42)(H,40,44)/t27?,28-,33+,37?/m0/s1. The van der Waals surface area contributed by atoms with Gasteiger partial charge < -0.3 is 34.9 Å². The van der Waals surface area contributed by atoms with Crippen molar-refractivity contribution in [3.63, 3.8) is 0 Å². The lowest BCUT2D eigenvalue weighted by atomic mass is 9.99. The molecule has 248 valence electrons. The van der Waals surface area contributed by atoms with Gasteiger partial charge in [0.25, 0.3) is 12.3 Å². The number of hydrogen-bond acceptors (Lipinski definition) is 8. The van der Waals surface area contributed by atoms with Gasteiger partial charge in [0.15, 0.2) is 0 Å². The van der Waals surface area contributed by atoms with Crippen molar-refractivity contribution >= 4 is 17.9 Å². The van der Waals surface area contributed by atoms with Crippen molar-refractivity contribution < 1.29 is 33.7 Å². The Bertz CT molecular complexity index is 1700. The number of fused-ring (bicyclic) bond motifs is 5. The monoisotopic (exact) mass is 650 g/mol. The normalized spacial score (nSPS) is 20.1. The van der Waals surface area contributed by atoms with Crippen LogP contribution in [0.3, 0.4) is 0 Å². The molecule has 11 heteroatoms. The second-order valence-corrected chi connectivity index (χ2v) is 11.7. The van der Waals surface area contributed by atoms with E-state index in [0.717, 1.165) is 16.7 Å². The number of carbonyl (C=O) groups is 3. The van der Waals surface area contributed by atoms with E-state index in [2.05, 4.69) is 16.0 Å². The first-order chi connectivity index (χ1) is 23.4. The molecule has 0 saturated carbocycles. The molecule has 4 atom stereocenters. The minimum absolute atomic E-state index is 0.0328. The maximum Gasteiger partial charge on any atom is 0.408 e. The zero-order valence-electron chi connectivity index (χ0n) is 26.3. The predicted octanol–water partition coefficient (Wildman–Crippen LogP) is 4.07. The molecule has 2 bridgehead atoms. The van der Waals surface area contributed by atoms with E-state index in [-0.39, 0.29) is 50.6 Å². The molecule has 2 aliphatic rings. The largest absolute Gasteiger partial charge is 0.491 e. The number of carbonyl (C=O) groups excluding carboxylic acids is 3. The van der Waals surface area contributed by atoms with E-state index in [0.29, 0.717) is 23.5 Å². The molecule has 4 N–H and O–H groups in total. The van der Waals surface area contributed by atoms with Crippen LogP contribution in [0.2, 0.25) is 0 Å². The van der Waals surface area contributed by atoms with E-state index in [1.54, 1.807) is 41.3 Å². The van der Waals surface area contributed by atoms with Gasteiger partial charge in [-0.25, -0.2) is 4.79 Å². The number of amides is 3. The summed E-state index contributed by atoms with van der Waals surface area (Å²) in [5, 5.41) is 19.4. The molecule has 11 nitrogen and oxygen atoms in total. The van der Waals surface area contributed by atoms with Gasteiger partial charge in [-0.05, 0) is 59.9 Å². The highest BCUT2D eigenvalue weighted by Crippen LogP contribution is 2.29. The van der Waals surface area contributed by atoms with Crippen LogP contribution in [-0.4, -0.2) is 72.1 Å². The lowest BCUT2D eigenvalue weighted by Crippen LogP contribution is -2.52. The molecule has 1 fully saturated rings. The van der Waals surface area contributed by atoms with Gasteiger partial charge in [-0.2, -0.15) is 0 Å². The summed E-state index contributed by atoms with van der Waals surface area (Å²) in [6, 6.07) is 31.2. The molecular weight excluding hydrogens is 612 g/mol. The number of rotatable bonds is 7. The van der Waals surface area contributed by atoms with E-state index in [1.807, 2.05) is 72.8 Å². The van der Waals surface area contributed by atoms with Crippen LogP contribution in [0.5, 0.6) is 11.5 Å². The Morgan fingerprint density at radius 2 is 1.67 bits per heavy atom. The summed E-state index contributed by atoms with van der Waals surface area (Å²) < 4.78 is 17.3. The molecular formula is C37H38N4O7. The predicted molar refractivity (Wildman–Crippen MR) is 178 cm³/mol. The average molecular weight is 651 g/mol. The first kappa shape index (κ1) is 32.5. The summed E-state index contributed by atoms with van der Waals surface area (Å²) in [5.41, 5.74) is 2.84. The number of benzene rings is 4. The minimum atomic E-state index is -1.32. The summed E-state index contributed by atoms with van der Waals surface area (Å²) in [5.74, 6) is 0.404. The number of para-hydroxylation sites is 1. The van der Waals surface area contributed by atoms with Crippen LogP contribution >= 0.6 is 0 Å². The summed E-state index contributed by atoms with van der Waals surface area (Å²) in [4.78, 5) is 42.2. The number of ether oxygens (including phenoxy) is 3. The zero-order valence-corrected chi connectivity index (χ0v) is 26.3. The van der Waals surface area contributed by atoms with Gasteiger partial charge in [0.1, 0.15) is 30.8 Å². The van der Waals surface area contributed by atoms with Crippen molar-refractivity contribution in [3.8, 4) is 22.6 Å². The van der Waals surface area contributed by atoms with Gasteiger partial charge in [-0.1, -0.05) is 78.9 Å². The third-order valence-corrected chi connectivity index (χ3v) is 8.35. The molecule has 6 rings (SSSR count). The molecule has 48 heavy (non-hydrogen) atoms. The third-order valence-electron chi connectivity index (χ3n) is 8.35. The maximum absolute atomic E-state index is 14.2. The van der Waals surface area contributed by atoms with Crippen molar-refractivity contribution in [2.45, 2.75) is 44.0 Å². The van der Waals surface area contributed by atoms with Crippen LogP contribution in [0.25, 0.3) is 11.1 Å². The van der Waals surface area contributed by atoms with Crippen molar-refractivity contribution in [1.29, 1.82) is 0 Å². The number of aliphatic hydroxyl groups excluding tert-OH is 1. The maximum atomic E-state index is 14.2. The first-order valence-corrected chi connectivity index (χ1v) is 16.0. The van der Waals surface area contributed by atoms with Crippen molar-refractivity contribution in [2.24, 2.45) is 0 Å². The van der Waals surface area contributed by atoms with Crippen molar-refractivity contribution in [1.82, 2.24) is 20.9 Å². The van der Waals surface area contributed by atoms with E-state index in [9.17, 15) is 19.5 Å². The van der Waals surface area contributed by atoms with Gasteiger partial charge in [-0.15, -0.1) is 0 Å². The Morgan fingerprint density at radius 1 is 0.938 bits per heavy atom. The highest BCUT2D eigenvalue weighted by atomic mass is 16.6. The summed E-state index contributed by atoms with van der Waals surface area (Å²) in [6.45, 7) is 0.526. The Balaban J connectivity index is 1.24. The van der Waals surface area contributed by atoms with Crippen LogP contribution in [0.15, 0.2) is 109 Å². The Kier molecular flexibility index (Phi) is 10.5. The summed E-state index contributed by atoms with van der Waals surface area (Å²) in [6.07, 6.45) is -1.51. The van der Waals surface area contributed by atoms with Gasteiger partial charge >= 0.3 is 6.09 Å². The minimum Gasteiger partial charge on any atom is -0.491 e. The van der Waals surface area contributed by atoms with Crippen LogP contribution in [0.4, 0.5) is 4.79 Å². The fraction of sp³-hybridized carbons (Fsp3) is 0.270.